The molecule has 148 valence electrons. The normalized spacial score (nSPS) is 23.0. The van der Waals surface area contributed by atoms with Crippen molar-refractivity contribution in [3.8, 4) is 11.5 Å². The van der Waals surface area contributed by atoms with Crippen LogP contribution in [0.2, 0.25) is 0 Å². The molecule has 1 aromatic rings. The first-order chi connectivity index (χ1) is 12.8. The highest BCUT2D eigenvalue weighted by molar-refractivity contribution is 8.14. The lowest BCUT2D eigenvalue weighted by Crippen LogP contribution is -2.39. The molecule has 0 spiro atoms. The molecule has 3 rings (SSSR count). The highest BCUT2D eigenvalue weighted by Crippen LogP contribution is 2.41. The van der Waals surface area contributed by atoms with Gasteiger partial charge in [-0.3, -0.25) is 9.79 Å². The number of methoxy groups -OCH3 is 2. The molecule has 8 nitrogen and oxygen atoms in total. The molecule has 1 saturated heterocycles. The van der Waals surface area contributed by atoms with Gasteiger partial charge in [0, 0.05) is 20.2 Å². The van der Waals surface area contributed by atoms with Crippen molar-refractivity contribution in [2.24, 2.45) is 4.99 Å². The van der Waals surface area contributed by atoms with Crippen molar-refractivity contribution < 1.29 is 22.7 Å². The predicted octanol–water partition coefficient (Wildman–Crippen LogP) is 0.867. The van der Waals surface area contributed by atoms with Gasteiger partial charge < -0.3 is 19.3 Å². The van der Waals surface area contributed by atoms with Gasteiger partial charge in [0.1, 0.15) is 11.5 Å². The van der Waals surface area contributed by atoms with Gasteiger partial charge in [0.05, 0.1) is 49.2 Å². The summed E-state index contributed by atoms with van der Waals surface area (Å²) in [6.07, 6.45) is 0. The Morgan fingerprint density at radius 1 is 1.30 bits per heavy atom. The monoisotopic (exact) mass is 413 g/mol. The van der Waals surface area contributed by atoms with E-state index in [0.717, 1.165) is 0 Å². The van der Waals surface area contributed by atoms with Gasteiger partial charge in [-0.25, -0.2) is 8.42 Å². The largest absolute Gasteiger partial charge is 0.497 e. The van der Waals surface area contributed by atoms with Crippen molar-refractivity contribution in [2.75, 3.05) is 50.5 Å². The molecule has 0 saturated carbocycles. The summed E-state index contributed by atoms with van der Waals surface area (Å²) < 4.78 is 35.1. The summed E-state index contributed by atoms with van der Waals surface area (Å²) in [5.74, 6) is 1.45. The Balaban J connectivity index is 1.98. The fourth-order valence-electron chi connectivity index (χ4n) is 3.16. The van der Waals surface area contributed by atoms with Gasteiger partial charge in [-0.1, -0.05) is 11.8 Å². The highest BCUT2D eigenvalue weighted by atomic mass is 32.2. The molecule has 2 atom stereocenters. The minimum Gasteiger partial charge on any atom is -0.497 e. The van der Waals surface area contributed by atoms with E-state index in [1.807, 2.05) is 4.90 Å². The number of nitrogens with zero attached hydrogens (tertiary/aromatic N) is 3. The topological polar surface area (TPSA) is 88.5 Å². The minimum atomic E-state index is -3.16. The number of amidine groups is 1. The Kier molecular flexibility index (Phi) is 5.57. The Labute approximate surface area is 163 Å². The van der Waals surface area contributed by atoms with Crippen molar-refractivity contribution >= 4 is 38.4 Å². The molecule has 0 N–H and O–H groups in total. The van der Waals surface area contributed by atoms with E-state index >= 15 is 0 Å². The fourth-order valence-corrected chi connectivity index (χ4v) is 6.09. The van der Waals surface area contributed by atoms with Crippen molar-refractivity contribution in [1.82, 2.24) is 4.90 Å². The molecule has 0 aromatic heterocycles. The first-order valence-electron chi connectivity index (χ1n) is 8.38. The van der Waals surface area contributed by atoms with Crippen LogP contribution in [0.1, 0.15) is 0 Å². The zero-order valence-electron chi connectivity index (χ0n) is 15.7. The number of benzene rings is 1. The van der Waals surface area contributed by atoms with Gasteiger partial charge in [0.25, 0.3) is 0 Å². The summed E-state index contributed by atoms with van der Waals surface area (Å²) >= 11 is 1.31. The zero-order chi connectivity index (χ0) is 19.8. The summed E-state index contributed by atoms with van der Waals surface area (Å²) in [7, 11) is 3.37. The molecular weight excluding hydrogens is 390 g/mol. The number of fused-ring (bicyclic) bond motifs is 1. The third kappa shape index (κ3) is 4.01. The average Bonchev–Trinajstić information content (AvgIpc) is 3.09. The van der Waals surface area contributed by atoms with Crippen LogP contribution in [0.25, 0.3) is 0 Å². The Morgan fingerprint density at radius 2 is 2.04 bits per heavy atom. The van der Waals surface area contributed by atoms with Gasteiger partial charge in [-0.05, 0) is 12.1 Å². The fraction of sp³-hybridized carbons (Fsp3) is 0.529. The second kappa shape index (κ2) is 7.59. The molecule has 10 heteroatoms. The van der Waals surface area contributed by atoms with Crippen LogP contribution < -0.4 is 14.4 Å². The molecule has 0 unspecified atom stereocenters. The summed E-state index contributed by atoms with van der Waals surface area (Å²) in [5, 5.41) is 0.627. The van der Waals surface area contributed by atoms with Gasteiger partial charge in [-0.15, -0.1) is 0 Å². The van der Waals surface area contributed by atoms with Crippen molar-refractivity contribution in [1.29, 1.82) is 0 Å². The predicted molar refractivity (Wildman–Crippen MR) is 107 cm³/mol. The van der Waals surface area contributed by atoms with Crippen LogP contribution in [0.5, 0.6) is 11.5 Å². The van der Waals surface area contributed by atoms with E-state index in [1.165, 1.54) is 16.7 Å². The van der Waals surface area contributed by atoms with Crippen LogP contribution in [0, 0.1) is 0 Å². The SMILES string of the molecule is COc1ccc(OC)c(N2C(SCC(=O)N(C)C)=N[C@H]3CS(=O)(=O)C[C@@H]32)c1. The number of ether oxygens (including phenoxy) is 2. The number of amides is 1. The van der Waals surface area contributed by atoms with Gasteiger partial charge in [0.2, 0.25) is 5.91 Å². The van der Waals surface area contributed by atoms with E-state index in [1.54, 1.807) is 46.5 Å². The molecule has 1 amide bonds. The summed E-state index contributed by atoms with van der Waals surface area (Å²) in [6, 6.07) is 4.70. The minimum absolute atomic E-state index is 0.0200. The van der Waals surface area contributed by atoms with Crippen LogP contribution in [0.15, 0.2) is 23.2 Å². The van der Waals surface area contributed by atoms with Crippen LogP contribution >= 0.6 is 11.8 Å². The van der Waals surface area contributed by atoms with E-state index < -0.39 is 9.84 Å². The third-order valence-corrected chi connectivity index (χ3v) is 7.23. The number of hydrogen-bond donors (Lipinski definition) is 0. The second-order valence-electron chi connectivity index (χ2n) is 6.61. The van der Waals surface area contributed by atoms with Crippen LogP contribution in [-0.4, -0.2) is 82.0 Å². The molecule has 2 aliphatic rings. The standard InChI is InChI=1S/C17H23N3O5S2/c1-19(2)16(21)8-26-17-18-12-9-27(22,23)10-14(12)20(17)13-7-11(24-3)5-6-15(13)25-4/h5-7,12,14H,8-10H2,1-4H3/t12-,14-/m0/s1. The third-order valence-electron chi connectivity index (χ3n) is 4.58. The molecular formula is C17H23N3O5S2. The van der Waals surface area contributed by atoms with Crippen LogP contribution in [0.4, 0.5) is 5.69 Å². The number of sulfone groups is 1. The number of thioether (sulfide) groups is 1. The first-order valence-corrected chi connectivity index (χ1v) is 11.2. The van der Waals surface area contributed by atoms with E-state index in [2.05, 4.69) is 4.99 Å². The maximum atomic E-state index is 12.1. The van der Waals surface area contributed by atoms with E-state index in [4.69, 9.17) is 9.47 Å². The first kappa shape index (κ1) is 19.8. The number of anilines is 1. The maximum Gasteiger partial charge on any atom is 0.232 e. The number of rotatable bonds is 5. The zero-order valence-corrected chi connectivity index (χ0v) is 17.3. The lowest BCUT2D eigenvalue weighted by atomic mass is 10.1. The number of hydrogen-bond acceptors (Lipinski definition) is 8. The summed E-state index contributed by atoms with van der Waals surface area (Å²) in [4.78, 5) is 20.0. The quantitative estimate of drug-likeness (QED) is 0.708. The molecule has 27 heavy (non-hydrogen) atoms. The van der Waals surface area contributed by atoms with E-state index in [9.17, 15) is 13.2 Å². The van der Waals surface area contributed by atoms with Crippen LogP contribution in [0.3, 0.4) is 0 Å². The molecule has 0 radical (unpaired) electrons. The Bertz CT molecular complexity index is 869. The average molecular weight is 414 g/mol. The highest BCUT2D eigenvalue weighted by Gasteiger charge is 2.48. The number of carbonyl (C=O) groups is 1. The van der Waals surface area contributed by atoms with Crippen molar-refractivity contribution in [2.45, 2.75) is 12.1 Å². The number of aliphatic imine (C=N–C) groups is 1. The molecule has 0 aliphatic carbocycles. The Morgan fingerprint density at radius 3 is 2.67 bits per heavy atom. The Hall–Kier alpha value is -1.94. The van der Waals surface area contributed by atoms with E-state index in [0.29, 0.717) is 22.4 Å². The second-order valence-corrected chi connectivity index (χ2v) is 9.70. The maximum absolute atomic E-state index is 12.1. The number of carbonyl (C=O) groups excluding carboxylic acids is 1. The molecule has 1 aromatic carbocycles. The van der Waals surface area contributed by atoms with E-state index in [-0.39, 0.29) is 35.2 Å². The summed E-state index contributed by atoms with van der Waals surface area (Å²) in [5.41, 5.74) is 0.685. The van der Waals surface area contributed by atoms with Gasteiger partial charge >= 0.3 is 0 Å². The smallest absolute Gasteiger partial charge is 0.232 e. The lowest BCUT2D eigenvalue weighted by molar-refractivity contribution is -0.125. The molecule has 1 fully saturated rings. The van der Waals surface area contributed by atoms with Gasteiger partial charge in [-0.2, -0.15) is 0 Å². The lowest BCUT2D eigenvalue weighted by Gasteiger charge is -2.28. The van der Waals surface area contributed by atoms with Crippen molar-refractivity contribution in [3.63, 3.8) is 0 Å². The van der Waals surface area contributed by atoms with Gasteiger partial charge in [0.15, 0.2) is 15.0 Å². The molecule has 2 aliphatic heterocycles. The van der Waals surface area contributed by atoms with Crippen LogP contribution in [-0.2, 0) is 14.6 Å². The molecule has 2 heterocycles. The molecule has 0 bridgehead atoms. The summed E-state index contributed by atoms with van der Waals surface area (Å²) in [6.45, 7) is 0. The van der Waals surface area contributed by atoms with Crippen molar-refractivity contribution in [3.05, 3.63) is 18.2 Å².